The summed E-state index contributed by atoms with van der Waals surface area (Å²) in [4.78, 5) is 16.6. The minimum atomic E-state index is -0.324. The van der Waals surface area contributed by atoms with Crippen molar-refractivity contribution in [1.29, 1.82) is 0 Å². The monoisotopic (exact) mass is 418 g/mol. The molecule has 170 valence electrons. The molecule has 0 unspecified atom stereocenters. The number of nitrogens with one attached hydrogen (secondary N) is 1. The van der Waals surface area contributed by atoms with Gasteiger partial charge in [0, 0.05) is 49.3 Å². The Morgan fingerprint density at radius 2 is 1.57 bits per heavy atom. The predicted molar refractivity (Wildman–Crippen MR) is 123 cm³/mol. The van der Waals surface area contributed by atoms with Crippen molar-refractivity contribution in [2.75, 3.05) is 26.2 Å². The van der Waals surface area contributed by atoms with Gasteiger partial charge in [0.15, 0.2) is 0 Å². The lowest BCUT2D eigenvalue weighted by atomic mass is 10.1. The minimum absolute atomic E-state index is 0.157. The highest BCUT2D eigenvalue weighted by Gasteiger charge is 2.31. The van der Waals surface area contributed by atoms with E-state index >= 15 is 0 Å². The highest BCUT2D eigenvalue weighted by Crippen LogP contribution is 2.20. The number of nitrogens with zero attached hydrogens (tertiary/aromatic N) is 2. The lowest BCUT2D eigenvalue weighted by Gasteiger charge is -2.31. The van der Waals surface area contributed by atoms with Gasteiger partial charge in [-0.15, -0.1) is 0 Å². The molecular formula is C24H42N4O2. The number of nitrogens with two attached hydrogens (primary N) is 1. The number of carbonyl (C=O) groups is 1. The van der Waals surface area contributed by atoms with Gasteiger partial charge in [0.05, 0.1) is 0 Å². The predicted octanol–water partition coefficient (Wildman–Crippen LogP) is 3.60. The summed E-state index contributed by atoms with van der Waals surface area (Å²) in [6.45, 7) is 17.8. The summed E-state index contributed by atoms with van der Waals surface area (Å²) in [5, 5.41) is 2.95. The van der Waals surface area contributed by atoms with E-state index in [0.29, 0.717) is 18.2 Å². The van der Waals surface area contributed by atoms with Crippen LogP contribution < -0.4 is 11.1 Å². The fourth-order valence-electron chi connectivity index (χ4n) is 3.82. The van der Waals surface area contributed by atoms with E-state index in [4.69, 9.17) is 10.5 Å². The van der Waals surface area contributed by atoms with E-state index in [9.17, 15) is 4.79 Å². The van der Waals surface area contributed by atoms with Crippen molar-refractivity contribution < 1.29 is 9.53 Å². The Hall–Kier alpha value is -1.63. The Morgan fingerprint density at radius 1 is 1.00 bits per heavy atom. The van der Waals surface area contributed by atoms with Gasteiger partial charge in [0.25, 0.3) is 0 Å². The van der Waals surface area contributed by atoms with Crippen molar-refractivity contribution >= 4 is 6.09 Å². The molecule has 0 spiro atoms. The zero-order valence-corrected chi connectivity index (χ0v) is 19.8. The van der Waals surface area contributed by atoms with Crippen LogP contribution in [0.5, 0.6) is 0 Å². The second-order valence-corrected chi connectivity index (χ2v) is 10.5. The lowest BCUT2D eigenvalue weighted by molar-refractivity contribution is 0.132. The first-order chi connectivity index (χ1) is 13.9. The fourth-order valence-corrected chi connectivity index (χ4v) is 3.82. The first-order valence-electron chi connectivity index (χ1n) is 11.2. The molecule has 6 heteroatoms. The largest absolute Gasteiger partial charge is 0.445 e. The van der Waals surface area contributed by atoms with Crippen LogP contribution in [0.3, 0.4) is 0 Å². The molecule has 1 aromatic carbocycles. The van der Waals surface area contributed by atoms with Crippen LogP contribution in [0.4, 0.5) is 4.79 Å². The third kappa shape index (κ3) is 8.25. The number of rotatable bonds is 3. The van der Waals surface area contributed by atoms with Crippen LogP contribution >= 0.6 is 0 Å². The van der Waals surface area contributed by atoms with Gasteiger partial charge in [-0.1, -0.05) is 30.3 Å². The number of likely N-dealkylation sites (tertiary alicyclic amines) is 2. The van der Waals surface area contributed by atoms with E-state index in [0.717, 1.165) is 38.0 Å². The molecule has 30 heavy (non-hydrogen) atoms. The van der Waals surface area contributed by atoms with Gasteiger partial charge < -0.3 is 15.8 Å². The van der Waals surface area contributed by atoms with Gasteiger partial charge in [-0.05, 0) is 59.9 Å². The molecule has 0 radical (unpaired) electrons. The van der Waals surface area contributed by atoms with E-state index in [1.54, 1.807) is 0 Å². The average molecular weight is 419 g/mol. The molecule has 3 rings (SSSR count). The summed E-state index contributed by atoms with van der Waals surface area (Å²) in [6, 6.07) is 10.3. The highest BCUT2D eigenvalue weighted by atomic mass is 16.5. The maximum atomic E-state index is 11.8. The third-order valence-corrected chi connectivity index (χ3v) is 5.85. The topological polar surface area (TPSA) is 70.8 Å². The molecule has 2 atom stereocenters. The Balaban J connectivity index is 0.000000269. The maximum Gasteiger partial charge on any atom is 0.407 e. The smallest absolute Gasteiger partial charge is 0.407 e. The first kappa shape index (κ1) is 24.6. The van der Waals surface area contributed by atoms with E-state index in [2.05, 4.69) is 56.7 Å². The van der Waals surface area contributed by atoms with Gasteiger partial charge in [0.1, 0.15) is 6.61 Å². The molecule has 1 aromatic rings. The second kappa shape index (κ2) is 10.6. The maximum absolute atomic E-state index is 11.8. The van der Waals surface area contributed by atoms with Crippen molar-refractivity contribution in [2.24, 2.45) is 5.73 Å². The fraction of sp³-hybridized carbons (Fsp3) is 0.708. The molecule has 1 amide bonds. The van der Waals surface area contributed by atoms with Gasteiger partial charge >= 0.3 is 6.09 Å². The van der Waals surface area contributed by atoms with Crippen LogP contribution in [0, 0.1) is 0 Å². The SMILES string of the molecule is CC(C)(C)N1CC[C@H](N)C1.CC(C)(C)N1CC[C@H](NC(=O)OCc2ccccc2)C1. The molecular weight excluding hydrogens is 376 g/mol. The molecule has 2 fully saturated rings. The number of hydrogen-bond acceptors (Lipinski definition) is 5. The molecule has 2 saturated heterocycles. The molecule has 0 bridgehead atoms. The quantitative estimate of drug-likeness (QED) is 0.785. The number of amides is 1. The average Bonchev–Trinajstić information content (AvgIpc) is 3.30. The highest BCUT2D eigenvalue weighted by molar-refractivity contribution is 5.67. The normalized spacial score (nSPS) is 23.0. The van der Waals surface area contributed by atoms with Crippen LogP contribution in [0.2, 0.25) is 0 Å². The van der Waals surface area contributed by atoms with E-state index in [1.807, 2.05) is 30.3 Å². The summed E-state index contributed by atoms with van der Waals surface area (Å²) < 4.78 is 5.24. The molecule has 0 aliphatic carbocycles. The van der Waals surface area contributed by atoms with Crippen LogP contribution in [0.15, 0.2) is 30.3 Å². The third-order valence-electron chi connectivity index (χ3n) is 5.85. The molecule has 0 saturated carbocycles. The summed E-state index contributed by atoms with van der Waals surface area (Å²) in [5.41, 5.74) is 7.26. The Morgan fingerprint density at radius 3 is 2.03 bits per heavy atom. The van der Waals surface area contributed by atoms with Crippen molar-refractivity contribution in [2.45, 2.75) is 84.2 Å². The van der Waals surface area contributed by atoms with E-state index in [1.165, 1.54) is 6.54 Å². The Kier molecular flexibility index (Phi) is 8.71. The van der Waals surface area contributed by atoms with E-state index in [-0.39, 0.29) is 17.7 Å². The van der Waals surface area contributed by atoms with Crippen molar-refractivity contribution in [3.05, 3.63) is 35.9 Å². The number of carbonyl (C=O) groups excluding carboxylic acids is 1. The van der Waals surface area contributed by atoms with Crippen LogP contribution in [0.25, 0.3) is 0 Å². The molecule has 0 aromatic heterocycles. The molecule has 2 heterocycles. The Bertz CT molecular complexity index is 651. The van der Waals surface area contributed by atoms with Gasteiger partial charge in [-0.2, -0.15) is 0 Å². The van der Waals surface area contributed by atoms with Crippen LogP contribution in [0.1, 0.15) is 59.9 Å². The lowest BCUT2D eigenvalue weighted by Crippen LogP contribution is -2.43. The van der Waals surface area contributed by atoms with Gasteiger partial charge in [0.2, 0.25) is 0 Å². The summed E-state index contributed by atoms with van der Waals surface area (Å²) in [5.74, 6) is 0. The first-order valence-corrected chi connectivity index (χ1v) is 11.2. The zero-order valence-electron chi connectivity index (χ0n) is 19.8. The van der Waals surface area contributed by atoms with Gasteiger partial charge in [-0.25, -0.2) is 4.79 Å². The van der Waals surface area contributed by atoms with E-state index < -0.39 is 0 Å². The van der Waals surface area contributed by atoms with Crippen molar-refractivity contribution in [1.82, 2.24) is 15.1 Å². The van der Waals surface area contributed by atoms with Crippen LogP contribution in [-0.2, 0) is 11.3 Å². The second-order valence-electron chi connectivity index (χ2n) is 10.5. The van der Waals surface area contributed by atoms with Crippen molar-refractivity contribution in [3.8, 4) is 0 Å². The van der Waals surface area contributed by atoms with Crippen molar-refractivity contribution in [3.63, 3.8) is 0 Å². The summed E-state index contributed by atoms with van der Waals surface area (Å²) in [6.07, 6.45) is 1.82. The summed E-state index contributed by atoms with van der Waals surface area (Å²) >= 11 is 0. The summed E-state index contributed by atoms with van der Waals surface area (Å²) in [7, 11) is 0. The standard InChI is InChI=1S/C16H24N2O2.C8H18N2/c1-16(2,3)18-10-9-14(11-18)17-15(19)20-12-13-7-5-4-6-8-13;1-8(2,3)10-5-4-7(9)6-10/h4-8,14H,9-12H2,1-3H3,(H,17,19);7H,4-6,9H2,1-3H3/t14-;7-/m00/s1. The number of alkyl carbamates (subject to hydrolysis) is 1. The molecule has 2 aliphatic rings. The molecule has 2 aliphatic heterocycles. The number of benzene rings is 1. The molecule has 6 nitrogen and oxygen atoms in total. The molecule has 3 N–H and O–H groups in total. The number of ether oxygens (including phenoxy) is 1. The zero-order chi connectivity index (χ0) is 22.4. The minimum Gasteiger partial charge on any atom is -0.445 e. The van der Waals surface area contributed by atoms with Gasteiger partial charge in [-0.3, -0.25) is 9.80 Å². The number of hydrogen-bond donors (Lipinski definition) is 2. The van der Waals surface area contributed by atoms with Crippen LogP contribution in [-0.4, -0.2) is 65.2 Å². The Labute approximate surface area is 183 Å².